The lowest BCUT2D eigenvalue weighted by atomic mass is 10.1. The first-order chi connectivity index (χ1) is 18.6. The van der Waals surface area contributed by atoms with Crippen LogP contribution in [-0.4, -0.2) is 15.9 Å². The summed E-state index contributed by atoms with van der Waals surface area (Å²) in [4.78, 5) is 34.8. The van der Waals surface area contributed by atoms with Crippen LogP contribution in [0.5, 0.6) is 0 Å². The molecule has 0 aliphatic heterocycles. The van der Waals surface area contributed by atoms with E-state index in [4.69, 9.17) is 14.4 Å². The van der Waals surface area contributed by atoms with Crippen LogP contribution in [-0.2, 0) is 6.54 Å². The van der Waals surface area contributed by atoms with Crippen molar-refractivity contribution in [3.05, 3.63) is 131 Å². The molecule has 0 unspecified atom stereocenters. The Morgan fingerprint density at radius 2 is 1.53 bits per heavy atom. The summed E-state index contributed by atoms with van der Waals surface area (Å²) in [5.74, 6) is 0.764. The number of aromatic nitrogens is 2. The lowest BCUT2D eigenvalue weighted by molar-refractivity contribution is 0.0947. The number of hydrogen-bond acceptors (Lipinski definition) is 6. The summed E-state index contributed by atoms with van der Waals surface area (Å²) < 4.78 is 5.45. The number of nitrogens with zero attached hydrogens (tertiary/aromatic N) is 2. The molecule has 0 aliphatic carbocycles. The van der Waals surface area contributed by atoms with E-state index in [-0.39, 0.29) is 5.56 Å². The molecular weight excluding hydrogens is 476 g/mol. The fourth-order valence-electron chi connectivity index (χ4n) is 4.26. The number of hydrogen-bond donors (Lipinski definition) is 2. The van der Waals surface area contributed by atoms with Crippen molar-refractivity contribution in [2.45, 2.75) is 6.54 Å². The number of carbonyl (C=O) groups is 1. The lowest BCUT2D eigenvalue weighted by Gasteiger charge is -2.12. The van der Waals surface area contributed by atoms with Crippen LogP contribution in [0, 0.1) is 0 Å². The first kappa shape index (κ1) is 23.1. The molecule has 0 bridgehead atoms. The molecule has 0 atom stereocenters. The average molecular weight is 499 g/mol. The minimum atomic E-state index is -0.682. The molecule has 2 N–H and O–H groups in total. The van der Waals surface area contributed by atoms with E-state index in [1.165, 1.54) is 0 Å². The van der Waals surface area contributed by atoms with Gasteiger partial charge in [0.1, 0.15) is 17.0 Å². The molecule has 0 fully saturated rings. The van der Waals surface area contributed by atoms with Gasteiger partial charge in [-0.05, 0) is 42.0 Å². The minimum absolute atomic E-state index is 0.0515. The Kier molecular flexibility index (Phi) is 6.08. The molecule has 6 aromatic rings. The van der Waals surface area contributed by atoms with Crippen LogP contribution in [0.3, 0.4) is 0 Å². The van der Waals surface area contributed by atoms with Gasteiger partial charge in [-0.15, -0.1) is 0 Å². The van der Waals surface area contributed by atoms with E-state index in [1.807, 2.05) is 91.0 Å². The molecule has 1 amide bonds. The molecule has 0 saturated heterocycles. The smallest absolute Gasteiger partial charge is 0.349 e. The number of nitrogens with one attached hydrogen (secondary N) is 2. The van der Waals surface area contributed by atoms with E-state index < -0.39 is 11.5 Å². The standard InChI is InChI=1S/C31H22N4O3/c36-30(32-19-20-9-3-1-4-10-20)25-18-22-17-23(15-16-27(22)38-31(25)37)33-29-24-13-7-8-14-26(24)34-28(35-29)21-11-5-2-6-12-21/h1-18H,19H2,(H,32,36)(H,33,34,35). The molecule has 2 aromatic heterocycles. The van der Waals surface area contributed by atoms with E-state index in [0.29, 0.717) is 29.2 Å². The van der Waals surface area contributed by atoms with Gasteiger partial charge < -0.3 is 15.1 Å². The summed E-state index contributed by atoms with van der Waals surface area (Å²) in [5.41, 5.74) is 3.04. The highest BCUT2D eigenvalue weighted by atomic mass is 16.4. The predicted octanol–water partition coefficient (Wildman–Crippen LogP) is 6.08. The zero-order chi connectivity index (χ0) is 25.9. The minimum Gasteiger partial charge on any atom is -0.422 e. The van der Waals surface area contributed by atoms with Crippen LogP contribution in [0.1, 0.15) is 15.9 Å². The summed E-state index contributed by atoms with van der Waals surface area (Å²) in [6.07, 6.45) is 0. The van der Waals surface area contributed by atoms with E-state index in [0.717, 1.165) is 27.7 Å². The number of benzene rings is 4. The van der Waals surface area contributed by atoms with Gasteiger partial charge in [-0.25, -0.2) is 14.8 Å². The maximum atomic E-state index is 12.8. The number of rotatable bonds is 6. The maximum Gasteiger partial charge on any atom is 0.349 e. The van der Waals surface area contributed by atoms with E-state index in [9.17, 15) is 9.59 Å². The van der Waals surface area contributed by atoms with Gasteiger partial charge in [-0.1, -0.05) is 72.8 Å². The highest BCUT2D eigenvalue weighted by Gasteiger charge is 2.15. The number of anilines is 2. The highest BCUT2D eigenvalue weighted by Crippen LogP contribution is 2.28. The number of carbonyl (C=O) groups excluding carboxylic acids is 1. The topological polar surface area (TPSA) is 97.1 Å². The summed E-state index contributed by atoms with van der Waals surface area (Å²) in [7, 11) is 0. The summed E-state index contributed by atoms with van der Waals surface area (Å²) in [6.45, 7) is 0.309. The largest absolute Gasteiger partial charge is 0.422 e. The Morgan fingerprint density at radius 3 is 2.34 bits per heavy atom. The molecule has 7 heteroatoms. The second-order valence-corrected chi connectivity index (χ2v) is 8.77. The number of fused-ring (bicyclic) bond motifs is 2. The first-order valence-corrected chi connectivity index (χ1v) is 12.1. The molecule has 7 nitrogen and oxygen atoms in total. The van der Waals surface area contributed by atoms with Crippen molar-refractivity contribution in [2.75, 3.05) is 5.32 Å². The quantitative estimate of drug-likeness (QED) is 0.270. The van der Waals surface area contributed by atoms with Crippen LogP contribution >= 0.6 is 0 Å². The first-order valence-electron chi connectivity index (χ1n) is 12.1. The second kappa shape index (κ2) is 9.99. The molecule has 38 heavy (non-hydrogen) atoms. The van der Waals surface area contributed by atoms with Gasteiger partial charge in [0.15, 0.2) is 5.82 Å². The van der Waals surface area contributed by atoms with Gasteiger partial charge in [0.25, 0.3) is 5.91 Å². The van der Waals surface area contributed by atoms with Crippen LogP contribution in [0.2, 0.25) is 0 Å². The Labute approximate surface area is 217 Å². The molecule has 184 valence electrons. The lowest BCUT2D eigenvalue weighted by Crippen LogP contribution is -2.27. The SMILES string of the molecule is O=C(NCc1ccccc1)c1cc2cc(Nc3nc(-c4ccccc4)nc4ccccc34)ccc2oc1=O. The van der Waals surface area contributed by atoms with Crippen molar-refractivity contribution in [3.63, 3.8) is 0 Å². The zero-order valence-electron chi connectivity index (χ0n) is 20.2. The third-order valence-electron chi connectivity index (χ3n) is 6.17. The maximum absolute atomic E-state index is 12.8. The zero-order valence-corrected chi connectivity index (χ0v) is 20.2. The summed E-state index contributed by atoms with van der Waals surface area (Å²) in [6, 6.07) is 34.0. The van der Waals surface area contributed by atoms with Crippen molar-refractivity contribution in [1.29, 1.82) is 0 Å². The van der Waals surface area contributed by atoms with Gasteiger partial charge >= 0.3 is 5.63 Å². The molecule has 6 rings (SSSR count). The van der Waals surface area contributed by atoms with Crippen LogP contribution in [0.25, 0.3) is 33.3 Å². The Balaban J connectivity index is 1.33. The fourth-order valence-corrected chi connectivity index (χ4v) is 4.26. The van der Waals surface area contributed by atoms with Crippen molar-refractivity contribution in [1.82, 2.24) is 15.3 Å². The van der Waals surface area contributed by atoms with E-state index in [1.54, 1.807) is 18.2 Å². The number of amides is 1. The fraction of sp³-hybridized carbons (Fsp3) is 0.0323. The van der Waals surface area contributed by atoms with E-state index >= 15 is 0 Å². The Bertz CT molecular complexity index is 1830. The monoisotopic (exact) mass is 498 g/mol. The second-order valence-electron chi connectivity index (χ2n) is 8.77. The van der Waals surface area contributed by atoms with Crippen molar-refractivity contribution < 1.29 is 9.21 Å². The van der Waals surface area contributed by atoms with E-state index in [2.05, 4.69) is 10.6 Å². The van der Waals surface area contributed by atoms with Crippen molar-refractivity contribution in [2.24, 2.45) is 0 Å². The Morgan fingerprint density at radius 1 is 0.789 bits per heavy atom. The van der Waals surface area contributed by atoms with Gasteiger partial charge in [-0.3, -0.25) is 4.79 Å². The van der Waals surface area contributed by atoms with Crippen LogP contribution in [0.4, 0.5) is 11.5 Å². The summed E-state index contributed by atoms with van der Waals surface area (Å²) in [5, 5.41) is 7.65. The van der Waals surface area contributed by atoms with Crippen LogP contribution in [0.15, 0.2) is 118 Å². The normalized spacial score (nSPS) is 10.9. The molecule has 2 heterocycles. The summed E-state index contributed by atoms with van der Waals surface area (Å²) >= 11 is 0. The number of para-hydroxylation sites is 1. The molecule has 4 aromatic carbocycles. The van der Waals surface area contributed by atoms with Gasteiger partial charge in [0.2, 0.25) is 0 Å². The molecule has 0 spiro atoms. The predicted molar refractivity (Wildman–Crippen MR) is 148 cm³/mol. The molecular formula is C31H22N4O3. The van der Waals surface area contributed by atoms with Gasteiger partial charge in [-0.2, -0.15) is 0 Å². The van der Waals surface area contributed by atoms with Gasteiger partial charge in [0, 0.05) is 28.6 Å². The average Bonchev–Trinajstić information content (AvgIpc) is 2.96. The molecule has 0 aliphatic rings. The van der Waals surface area contributed by atoms with Crippen LogP contribution < -0.4 is 16.3 Å². The van der Waals surface area contributed by atoms with Gasteiger partial charge in [0.05, 0.1) is 5.52 Å². The molecule has 0 saturated carbocycles. The third kappa shape index (κ3) is 4.73. The molecule has 0 radical (unpaired) electrons. The Hall–Kier alpha value is -5.30. The van der Waals surface area contributed by atoms with Crippen molar-refractivity contribution in [3.8, 4) is 11.4 Å². The van der Waals surface area contributed by atoms with Crippen molar-refractivity contribution >= 4 is 39.3 Å². The third-order valence-corrected chi connectivity index (χ3v) is 6.17. The highest BCUT2D eigenvalue weighted by molar-refractivity contribution is 5.97.